The lowest BCUT2D eigenvalue weighted by Crippen LogP contribution is -2.32. The van der Waals surface area contributed by atoms with Gasteiger partial charge in [0.15, 0.2) is 0 Å². The van der Waals surface area contributed by atoms with E-state index in [-0.39, 0.29) is 25.4 Å². The summed E-state index contributed by atoms with van der Waals surface area (Å²) in [6.45, 7) is 3.18. The number of rotatable bonds is 3. The SMILES string of the molecule is CCOC(=O)CC1C(F)(F)C12CCNCC2.Cl. The van der Waals surface area contributed by atoms with Crippen molar-refractivity contribution in [1.82, 2.24) is 5.32 Å². The van der Waals surface area contributed by atoms with Gasteiger partial charge in [0, 0.05) is 11.3 Å². The molecule has 0 aromatic carbocycles. The average molecular weight is 270 g/mol. The third-order valence-electron chi connectivity index (χ3n) is 3.86. The minimum atomic E-state index is -2.68. The van der Waals surface area contributed by atoms with Crippen LogP contribution in [0.1, 0.15) is 26.2 Å². The second-order valence-electron chi connectivity index (χ2n) is 4.59. The lowest BCUT2D eigenvalue weighted by atomic mass is 9.90. The van der Waals surface area contributed by atoms with Crippen LogP contribution in [0.2, 0.25) is 0 Å². The Morgan fingerprint density at radius 1 is 1.41 bits per heavy atom. The van der Waals surface area contributed by atoms with Gasteiger partial charge in [0.25, 0.3) is 5.92 Å². The predicted octanol–water partition coefficient (Wildman–Crippen LogP) is 2.00. The molecule has 1 aliphatic carbocycles. The summed E-state index contributed by atoms with van der Waals surface area (Å²) in [5.41, 5.74) is -0.926. The van der Waals surface area contributed by atoms with Crippen molar-refractivity contribution in [1.29, 1.82) is 0 Å². The first-order valence-electron chi connectivity index (χ1n) is 5.79. The van der Waals surface area contributed by atoms with Crippen molar-refractivity contribution in [2.24, 2.45) is 11.3 Å². The number of carbonyl (C=O) groups excluding carboxylic acids is 1. The number of carbonyl (C=O) groups is 1. The molecule has 1 heterocycles. The van der Waals surface area contributed by atoms with Gasteiger partial charge in [0.05, 0.1) is 13.0 Å². The molecule has 1 atom stereocenters. The molecule has 1 spiro atoms. The van der Waals surface area contributed by atoms with Gasteiger partial charge >= 0.3 is 5.97 Å². The molecule has 0 bridgehead atoms. The van der Waals surface area contributed by atoms with Crippen LogP contribution in [-0.2, 0) is 9.53 Å². The standard InChI is InChI=1S/C11H17F2NO2.ClH/c1-2-16-9(15)7-8-10(11(8,12)13)3-5-14-6-4-10;/h8,14H,2-7H2,1H3;1H. The van der Waals surface area contributed by atoms with E-state index in [1.54, 1.807) is 6.92 Å². The van der Waals surface area contributed by atoms with E-state index in [0.29, 0.717) is 25.9 Å². The second kappa shape index (κ2) is 5.06. The minimum Gasteiger partial charge on any atom is -0.466 e. The fourth-order valence-electron chi connectivity index (χ4n) is 2.86. The van der Waals surface area contributed by atoms with Crippen molar-refractivity contribution >= 4 is 18.4 Å². The number of hydrogen-bond acceptors (Lipinski definition) is 3. The molecule has 0 aromatic rings. The van der Waals surface area contributed by atoms with Crippen molar-refractivity contribution in [2.45, 2.75) is 32.1 Å². The molecule has 100 valence electrons. The quantitative estimate of drug-likeness (QED) is 0.797. The second-order valence-corrected chi connectivity index (χ2v) is 4.59. The lowest BCUT2D eigenvalue weighted by molar-refractivity contribution is -0.144. The third kappa shape index (κ3) is 2.27. The fraction of sp³-hybridized carbons (Fsp3) is 0.909. The molecule has 2 rings (SSSR count). The summed E-state index contributed by atoms with van der Waals surface area (Å²) in [6.07, 6.45) is 0.787. The maximum atomic E-state index is 13.7. The van der Waals surface area contributed by atoms with E-state index in [9.17, 15) is 13.6 Å². The zero-order chi connectivity index (χ0) is 11.8. The Bertz CT molecular complexity index is 293. The number of ether oxygens (including phenoxy) is 1. The van der Waals surface area contributed by atoms with E-state index < -0.39 is 23.2 Å². The van der Waals surface area contributed by atoms with Gasteiger partial charge < -0.3 is 10.1 Å². The van der Waals surface area contributed by atoms with Gasteiger partial charge in [0.1, 0.15) is 0 Å². The normalized spacial score (nSPS) is 28.3. The highest BCUT2D eigenvalue weighted by atomic mass is 35.5. The van der Waals surface area contributed by atoms with Crippen LogP contribution in [0.15, 0.2) is 0 Å². The summed E-state index contributed by atoms with van der Waals surface area (Å²) < 4.78 is 32.1. The van der Waals surface area contributed by atoms with E-state index in [0.717, 1.165) is 0 Å². The van der Waals surface area contributed by atoms with Gasteiger partial charge in [-0.3, -0.25) is 4.79 Å². The first-order valence-corrected chi connectivity index (χ1v) is 5.79. The van der Waals surface area contributed by atoms with Crippen LogP contribution in [0, 0.1) is 11.3 Å². The van der Waals surface area contributed by atoms with Crippen molar-refractivity contribution in [3.8, 4) is 0 Å². The molecule has 0 aromatic heterocycles. The fourth-order valence-corrected chi connectivity index (χ4v) is 2.86. The Kier molecular flexibility index (Phi) is 4.36. The molecule has 1 saturated heterocycles. The third-order valence-corrected chi connectivity index (χ3v) is 3.86. The number of hydrogen-bond donors (Lipinski definition) is 1. The van der Waals surface area contributed by atoms with Crippen molar-refractivity contribution in [3.63, 3.8) is 0 Å². The molecule has 2 aliphatic rings. The highest BCUT2D eigenvalue weighted by Crippen LogP contribution is 2.71. The van der Waals surface area contributed by atoms with E-state index in [1.807, 2.05) is 0 Å². The van der Waals surface area contributed by atoms with Crippen LogP contribution in [0.4, 0.5) is 8.78 Å². The minimum absolute atomic E-state index is 0. The van der Waals surface area contributed by atoms with Crippen molar-refractivity contribution in [2.75, 3.05) is 19.7 Å². The maximum absolute atomic E-state index is 13.7. The summed E-state index contributed by atoms with van der Waals surface area (Å²) in [4.78, 5) is 11.2. The molecule has 2 fully saturated rings. The van der Waals surface area contributed by atoms with Crippen LogP contribution in [0.25, 0.3) is 0 Å². The lowest BCUT2D eigenvalue weighted by Gasteiger charge is -2.22. The molecule has 6 heteroatoms. The largest absolute Gasteiger partial charge is 0.466 e. The summed E-state index contributed by atoms with van der Waals surface area (Å²) in [5.74, 6) is -3.98. The zero-order valence-corrected chi connectivity index (χ0v) is 10.6. The van der Waals surface area contributed by atoms with Crippen molar-refractivity contribution < 1.29 is 18.3 Å². The predicted molar refractivity (Wildman–Crippen MR) is 61.5 cm³/mol. The van der Waals surface area contributed by atoms with Crippen molar-refractivity contribution in [3.05, 3.63) is 0 Å². The number of piperidine rings is 1. The van der Waals surface area contributed by atoms with Crippen LogP contribution < -0.4 is 5.32 Å². The van der Waals surface area contributed by atoms with E-state index in [2.05, 4.69) is 5.32 Å². The van der Waals surface area contributed by atoms with Gasteiger partial charge in [-0.1, -0.05) is 0 Å². The molecule has 1 unspecified atom stereocenters. The number of esters is 1. The van der Waals surface area contributed by atoms with E-state index >= 15 is 0 Å². The van der Waals surface area contributed by atoms with Gasteiger partial charge in [0.2, 0.25) is 0 Å². The number of halogens is 3. The molecular formula is C11H18ClF2NO2. The molecule has 17 heavy (non-hydrogen) atoms. The number of nitrogens with one attached hydrogen (secondary N) is 1. The van der Waals surface area contributed by atoms with E-state index in [1.165, 1.54) is 0 Å². The van der Waals surface area contributed by atoms with Crippen LogP contribution in [-0.4, -0.2) is 31.6 Å². The molecule has 1 aliphatic heterocycles. The van der Waals surface area contributed by atoms with E-state index in [4.69, 9.17) is 4.74 Å². The Labute approximate surface area is 106 Å². The van der Waals surface area contributed by atoms with Crippen LogP contribution >= 0.6 is 12.4 Å². The monoisotopic (exact) mass is 269 g/mol. The molecule has 0 amide bonds. The molecule has 3 nitrogen and oxygen atoms in total. The summed E-state index contributed by atoms with van der Waals surface area (Å²) >= 11 is 0. The molecule has 0 radical (unpaired) electrons. The summed E-state index contributed by atoms with van der Waals surface area (Å²) in [5, 5.41) is 3.07. The summed E-state index contributed by atoms with van der Waals surface area (Å²) in [6, 6.07) is 0. The molecular weight excluding hydrogens is 252 g/mol. The summed E-state index contributed by atoms with van der Waals surface area (Å²) in [7, 11) is 0. The van der Waals surface area contributed by atoms with Gasteiger partial charge in [-0.15, -0.1) is 12.4 Å². The van der Waals surface area contributed by atoms with Crippen LogP contribution in [0.5, 0.6) is 0 Å². The average Bonchev–Trinajstić information content (AvgIpc) is 2.66. The Morgan fingerprint density at radius 3 is 2.53 bits per heavy atom. The first kappa shape index (κ1) is 14.6. The molecule has 1 saturated carbocycles. The number of alkyl halides is 2. The zero-order valence-electron chi connectivity index (χ0n) is 9.80. The highest BCUT2D eigenvalue weighted by molar-refractivity contribution is 5.85. The Balaban J connectivity index is 0.00000144. The van der Waals surface area contributed by atoms with Gasteiger partial charge in [-0.2, -0.15) is 0 Å². The molecule has 1 N–H and O–H groups in total. The topological polar surface area (TPSA) is 38.3 Å². The Morgan fingerprint density at radius 2 is 2.00 bits per heavy atom. The smallest absolute Gasteiger partial charge is 0.306 e. The highest BCUT2D eigenvalue weighted by Gasteiger charge is 2.79. The van der Waals surface area contributed by atoms with Crippen LogP contribution in [0.3, 0.4) is 0 Å². The maximum Gasteiger partial charge on any atom is 0.306 e. The van der Waals surface area contributed by atoms with Gasteiger partial charge in [-0.05, 0) is 32.9 Å². The Hall–Kier alpha value is -0.420. The van der Waals surface area contributed by atoms with Gasteiger partial charge in [-0.25, -0.2) is 8.78 Å². The first-order chi connectivity index (χ1) is 7.54.